The van der Waals surface area contributed by atoms with E-state index in [0.717, 1.165) is 6.42 Å². The van der Waals surface area contributed by atoms with Gasteiger partial charge in [0.1, 0.15) is 0 Å². The predicted molar refractivity (Wildman–Crippen MR) is 87.3 cm³/mol. The fourth-order valence-electron chi connectivity index (χ4n) is 3.10. The van der Waals surface area contributed by atoms with Crippen molar-refractivity contribution < 1.29 is 0 Å². The highest BCUT2D eigenvalue weighted by molar-refractivity contribution is 5.71. The molecule has 0 heterocycles. The van der Waals surface area contributed by atoms with Crippen LogP contribution in [-0.4, -0.2) is 0 Å². The van der Waals surface area contributed by atoms with Crippen LogP contribution >= 0.6 is 0 Å². The Morgan fingerprint density at radius 2 is 1.30 bits per heavy atom. The van der Waals surface area contributed by atoms with Crippen molar-refractivity contribution in [1.29, 1.82) is 0 Å². The van der Waals surface area contributed by atoms with Crippen LogP contribution in [0.2, 0.25) is 0 Å². The van der Waals surface area contributed by atoms with Crippen LogP contribution in [0.25, 0.3) is 0 Å². The summed E-state index contributed by atoms with van der Waals surface area (Å²) in [4.78, 5) is 0. The molecule has 3 aliphatic rings. The van der Waals surface area contributed by atoms with Gasteiger partial charge in [-0.05, 0) is 28.7 Å². The van der Waals surface area contributed by atoms with Crippen LogP contribution in [0.5, 0.6) is 0 Å². The zero-order chi connectivity index (χ0) is 14.0. The van der Waals surface area contributed by atoms with Gasteiger partial charge in [-0.25, -0.2) is 0 Å². The minimum Gasteiger partial charge on any atom is -0.0807 e. The van der Waals surface area contributed by atoms with Crippen molar-refractivity contribution in [3.8, 4) is 0 Å². The lowest BCUT2D eigenvalue weighted by Crippen LogP contribution is -2.11. The van der Waals surface area contributed by atoms with Crippen LogP contribution in [0.1, 0.15) is 20.3 Å². The molecule has 3 rings (SSSR count). The fraction of sp³-hybridized carbons (Fsp3) is 0.200. The molecule has 0 N–H and O–H groups in total. The zero-order valence-electron chi connectivity index (χ0n) is 12.1. The van der Waals surface area contributed by atoms with E-state index in [9.17, 15) is 0 Å². The Balaban J connectivity index is 2.24. The second-order valence-electron chi connectivity index (χ2n) is 5.80. The molecule has 0 heteroatoms. The first-order valence-corrected chi connectivity index (χ1v) is 7.22. The average Bonchev–Trinajstić information content (AvgIpc) is 2.64. The highest BCUT2D eigenvalue weighted by atomic mass is 14.4. The molecule has 3 aliphatic carbocycles. The normalized spacial score (nSPS) is 31.5. The Bertz CT molecular complexity index is 650. The third-order valence-electron chi connectivity index (χ3n) is 4.16. The Kier molecular flexibility index (Phi) is 3.31. The zero-order valence-corrected chi connectivity index (χ0v) is 12.1. The summed E-state index contributed by atoms with van der Waals surface area (Å²) in [5.41, 5.74) is 5.64. The SMILES string of the molecule is CC1(C)C2=CC=CC=CC=C2C2=C\C\C=C/C=C\C=C/21. The van der Waals surface area contributed by atoms with Crippen molar-refractivity contribution in [3.05, 3.63) is 95.2 Å². The van der Waals surface area contributed by atoms with E-state index in [1.807, 2.05) is 0 Å². The summed E-state index contributed by atoms with van der Waals surface area (Å²) in [5.74, 6) is 0. The lowest BCUT2D eigenvalue weighted by Gasteiger charge is -2.21. The Labute approximate surface area is 121 Å². The van der Waals surface area contributed by atoms with Gasteiger partial charge in [-0.15, -0.1) is 0 Å². The third-order valence-corrected chi connectivity index (χ3v) is 4.16. The number of allylic oxidation sites excluding steroid dienone is 16. The number of hydrogen-bond donors (Lipinski definition) is 0. The molecule has 20 heavy (non-hydrogen) atoms. The van der Waals surface area contributed by atoms with E-state index in [4.69, 9.17) is 0 Å². The van der Waals surface area contributed by atoms with E-state index in [0.29, 0.717) is 0 Å². The summed E-state index contributed by atoms with van der Waals surface area (Å²) in [6.45, 7) is 4.63. The van der Waals surface area contributed by atoms with Gasteiger partial charge in [0.15, 0.2) is 0 Å². The quantitative estimate of drug-likeness (QED) is 0.549. The summed E-state index contributed by atoms with van der Waals surface area (Å²) in [6, 6.07) is 0. The first-order valence-electron chi connectivity index (χ1n) is 7.22. The minimum atomic E-state index is 0.0574. The van der Waals surface area contributed by atoms with Gasteiger partial charge in [-0.1, -0.05) is 86.8 Å². The molecule has 0 spiro atoms. The van der Waals surface area contributed by atoms with E-state index in [2.05, 4.69) is 86.8 Å². The van der Waals surface area contributed by atoms with Crippen molar-refractivity contribution in [2.75, 3.05) is 0 Å². The van der Waals surface area contributed by atoms with Gasteiger partial charge >= 0.3 is 0 Å². The molecule has 0 radical (unpaired) electrons. The molecule has 0 nitrogen and oxygen atoms in total. The van der Waals surface area contributed by atoms with Crippen LogP contribution in [-0.2, 0) is 0 Å². The predicted octanol–water partition coefficient (Wildman–Crippen LogP) is 5.37. The van der Waals surface area contributed by atoms with Gasteiger partial charge in [0.25, 0.3) is 0 Å². The molecule has 1 saturated carbocycles. The summed E-state index contributed by atoms with van der Waals surface area (Å²) in [5, 5.41) is 0. The molecule has 100 valence electrons. The van der Waals surface area contributed by atoms with E-state index in [-0.39, 0.29) is 5.41 Å². The lowest BCUT2D eigenvalue weighted by atomic mass is 9.81. The Hall–Kier alpha value is -2.08. The standard InChI is InChI=1S/C20H20/c1-20(2)18-14-10-5-3-4-8-12-16(18)17-13-9-6-7-11-15-19(17)20/h3-7,9-15H,8H2,1-2H3/b4-3-,7-6?,9-6?,10-5-,11-7?,13-9?,15-11?,16-12-,17-13?,18-14+,19-15?. The molecule has 0 unspecified atom stereocenters. The largest absolute Gasteiger partial charge is 0.0807 e. The molecular weight excluding hydrogens is 240 g/mol. The summed E-state index contributed by atoms with van der Waals surface area (Å²) < 4.78 is 0. The monoisotopic (exact) mass is 260 g/mol. The first-order chi connectivity index (χ1) is 9.71. The number of fused-ring (bicyclic) bond motifs is 3. The topological polar surface area (TPSA) is 0 Å². The van der Waals surface area contributed by atoms with Crippen molar-refractivity contribution >= 4 is 0 Å². The molecule has 1 fully saturated rings. The number of rotatable bonds is 0. The second kappa shape index (κ2) is 5.13. The van der Waals surface area contributed by atoms with Crippen molar-refractivity contribution in [3.63, 3.8) is 0 Å². The smallest absolute Gasteiger partial charge is 0.0158 e. The van der Waals surface area contributed by atoms with Gasteiger partial charge in [-0.3, -0.25) is 0 Å². The molecule has 0 atom stereocenters. The molecule has 0 aromatic carbocycles. The van der Waals surface area contributed by atoms with Gasteiger partial charge < -0.3 is 0 Å². The molecule has 0 bridgehead atoms. The molecule has 0 aromatic heterocycles. The Morgan fingerprint density at radius 1 is 0.700 bits per heavy atom. The van der Waals surface area contributed by atoms with E-state index in [1.165, 1.54) is 22.3 Å². The van der Waals surface area contributed by atoms with Gasteiger partial charge in [0.05, 0.1) is 0 Å². The van der Waals surface area contributed by atoms with E-state index >= 15 is 0 Å². The minimum absolute atomic E-state index is 0.0574. The van der Waals surface area contributed by atoms with Crippen molar-refractivity contribution in [2.45, 2.75) is 20.3 Å². The summed E-state index contributed by atoms with van der Waals surface area (Å²) in [6.07, 6.45) is 27.1. The molecular formula is C20H20. The van der Waals surface area contributed by atoms with Crippen molar-refractivity contribution in [1.82, 2.24) is 0 Å². The summed E-state index contributed by atoms with van der Waals surface area (Å²) >= 11 is 0. The molecule has 0 aliphatic heterocycles. The van der Waals surface area contributed by atoms with Gasteiger partial charge in [0.2, 0.25) is 0 Å². The first kappa shape index (κ1) is 12.9. The van der Waals surface area contributed by atoms with E-state index < -0.39 is 0 Å². The van der Waals surface area contributed by atoms with Crippen molar-refractivity contribution in [2.24, 2.45) is 5.41 Å². The lowest BCUT2D eigenvalue weighted by molar-refractivity contribution is 0.583. The maximum atomic E-state index is 2.35. The molecule has 0 saturated heterocycles. The van der Waals surface area contributed by atoms with Crippen LogP contribution in [0.4, 0.5) is 0 Å². The van der Waals surface area contributed by atoms with E-state index in [1.54, 1.807) is 0 Å². The number of hydrogen-bond acceptors (Lipinski definition) is 0. The highest BCUT2D eigenvalue weighted by Crippen LogP contribution is 2.53. The Morgan fingerprint density at radius 3 is 2.05 bits per heavy atom. The fourth-order valence-corrected chi connectivity index (χ4v) is 3.10. The summed E-state index contributed by atoms with van der Waals surface area (Å²) in [7, 11) is 0. The van der Waals surface area contributed by atoms with Crippen LogP contribution < -0.4 is 0 Å². The molecule has 0 amide bonds. The molecule has 0 aromatic rings. The second-order valence-corrected chi connectivity index (χ2v) is 5.80. The third kappa shape index (κ3) is 2.12. The van der Waals surface area contributed by atoms with Crippen LogP contribution in [0.15, 0.2) is 95.2 Å². The van der Waals surface area contributed by atoms with Crippen LogP contribution in [0, 0.1) is 5.41 Å². The van der Waals surface area contributed by atoms with Gasteiger partial charge in [-0.2, -0.15) is 0 Å². The van der Waals surface area contributed by atoms with Gasteiger partial charge in [0, 0.05) is 5.41 Å². The maximum absolute atomic E-state index is 2.35. The average molecular weight is 260 g/mol. The maximum Gasteiger partial charge on any atom is 0.0158 e. The highest BCUT2D eigenvalue weighted by Gasteiger charge is 2.39. The van der Waals surface area contributed by atoms with Crippen LogP contribution in [0.3, 0.4) is 0 Å².